The summed E-state index contributed by atoms with van der Waals surface area (Å²) in [7, 11) is 0. The van der Waals surface area contributed by atoms with Gasteiger partial charge in [-0.3, -0.25) is 0 Å². The minimum absolute atomic E-state index is 0.292. The molecule has 1 aliphatic carbocycles. The van der Waals surface area contributed by atoms with E-state index >= 15 is 0 Å². The van der Waals surface area contributed by atoms with Gasteiger partial charge < -0.3 is 0 Å². The summed E-state index contributed by atoms with van der Waals surface area (Å²) in [4.78, 5) is 7.69. The Morgan fingerprint density at radius 3 is 2.91 bits per heavy atom. The first-order valence-corrected chi connectivity index (χ1v) is 3.47. The zero-order valence-electron chi connectivity index (χ0n) is 5.91. The van der Waals surface area contributed by atoms with Crippen molar-refractivity contribution in [3.8, 4) is 6.07 Å². The lowest BCUT2D eigenvalue weighted by Gasteiger charge is -2.00. The van der Waals surface area contributed by atoms with Crippen LogP contribution in [0.5, 0.6) is 0 Å². The molecule has 0 unspecified atom stereocenters. The fourth-order valence-electron chi connectivity index (χ4n) is 1.07. The van der Waals surface area contributed by atoms with Crippen LogP contribution in [0.3, 0.4) is 0 Å². The van der Waals surface area contributed by atoms with Crippen molar-refractivity contribution in [1.29, 1.82) is 5.26 Å². The molecule has 1 fully saturated rings. The summed E-state index contributed by atoms with van der Waals surface area (Å²) < 4.78 is 0. The average molecular weight is 144 g/mol. The molecule has 0 amide bonds. The zero-order valence-corrected chi connectivity index (χ0v) is 5.91. The van der Waals surface area contributed by atoms with Gasteiger partial charge in [0, 0.05) is 0 Å². The minimum Gasteiger partial charge on any atom is -0.240 e. The minimum atomic E-state index is -0.292. The standard InChI is InChI=1S/C8H6N3/c9-5-8(2-3-8)7-1-4-10-6-11-7/h1,6H,2-3H2. The first kappa shape index (κ1) is 6.29. The van der Waals surface area contributed by atoms with Crippen LogP contribution >= 0.6 is 0 Å². The van der Waals surface area contributed by atoms with E-state index in [-0.39, 0.29) is 5.41 Å². The van der Waals surface area contributed by atoms with Gasteiger partial charge in [0.05, 0.1) is 23.4 Å². The molecular formula is C8H6N3. The van der Waals surface area contributed by atoms with Crippen molar-refractivity contribution in [1.82, 2.24) is 9.97 Å². The van der Waals surface area contributed by atoms with Crippen molar-refractivity contribution in [3.63, 3.8) is 0 Å². The van der Waals surface area contributed by atoms with Gasteiger partial charge in [-0.05, 0) is 18.9 Å². The molecule has 2 rings (SSSR count). The van der Waals surface area contributed by atoms with Crippen LogP contribution < -0.4 is 0 Å². The van der Waals surface area contributed by atoms with Gasteiger partial charge in [-0.15, -0.1) is 0 Å². The number of rotatable bonds is 1. The molecule has 0 aromatic carbocycles. The van der Waals surface area contributed by atoms with Crippen molar-refractivity contribution in [2.24, 2.45) is 0 Å². The SMILES string of the molecule is N#CC1(c2c[c]ncn2)CC1. The number of hydrogen-bond donors (Lipinski definition) is 0. The van der Waals surface area contributed by atoms with E-state index in [0.29, 0.717) is 0 Å². The van der Waals surface area contributed by atoms with Gasteiger partial charge in [0.15, 0.2) is 0 Å². The Balaban J connectivity index is 2.39. The molecule has 11 heavy (non-hydrogen) atoms. The van der Waals surface area contributed by atoms with E-state index in [9.17, 15) is 0 Å². The van der Waals surface area contributed by atoms with Crippen molar-refractivity contribution in [2.45, 2.75) is 18.3 Å². The van der Waals surface area contributed by atoms with Gasteiger partial charge in [-0.25, -0.2) is 9.97 Å². The molecule has 0 aliphatic heterocycles. The molecular weight excluding hydrogens is 138 g/mol. The summed E-state index contributed by atoms with van der Waals surface area (Å²) in [5.74, 6) is 0. The number of nitriles is 1. The molecule has 1 radical (unpaired) electrons. The molecule has 0 bridgehead atoms. The Hall–Kier alpha value is -1.43. The number of hydrogen-bond acceptors (Lipinski definition) is 3. The quantitative estimate of drug-likeness (QED) is 0.586. The Morgan fingerprint density at radius 2 is 2.45 bits per heavy atom. The maximum atomic E-state index is 8.79. The van der Waals surface area contributed by atoms with Crippen molar-refractivity contribution in [2.75, 3.05) is 0 Å². The Bertz CT molecular complexity index is 295. The van der Waals surface area contributed by atoms with E-state index in [4.69, 9.17) is 5.26 Å². The van der Waals surface area contributed by atoms with Gasteiger partial charge >= 0.3 is 0 Å². The Kier molecular flexibility index (Phi) is 1.16. The molecule has 1 aromatic heterocycles. The Morgan fingerprint density at radius 1 is 1.64 bits per heavy atom. The highest BCUT2D eigenvalue weighted by Gasteiger charge is 2.46. The fourth-order valence-corrected chi connectivity index (χ4v) is 1.07. The van der Waals surface area contributed by atoms with Crippen LogP contribution in [-0.4, -0.2) is 9.97 Å². The van der Waals surface area contributed by atoms with Crippen LogP contribution in [0.4, 0.5) is 0 Å². The van der Waals surface area contributed by atoms with Gasteiger partial charge in [-0.1, -0.05) is 0 Å². The molecule has 1 heterocycles. The maximum absolute atomic E-state index is 8.79. The second kappa shape index (κ2) is 2.03. The van der Waals surface area contributed by atoms with Crippen molar-refractivity contribution in [3.05, 3.63) is 24.3 Å². The molecule has 3 heteroatoms. The second-order valence-electron chi connectivity index (χ2n) is 2.73. The van der Waals surface area contributed by atoms with Gasteiger partial charge in [0.25, 0.3) is 0 Å². The molecule has 1 aliphatic rings. The summed E-state index contributed by atoms with van der Waals surface area (Å²) in [5, 5.41) is 8.79. The lowest BCUT2D eigenvalue weighted by atomic mass is 10.1. The van der Waals surface area contributed by atoms with Crippen LogP contribution in [0, 0.1) is 17.5 Å². The third kappa shape index (κ3) is 0.874. The second-order valence-corrected chi connectivity index (χ2v) is 2.73. The largest absolute Gasteiger partial charge is 0.240 e. The average Bonchev–Trinajstić information content (AvgIpc) is 2.86. The van der Waals surface area contributed by atoms with Crippen LogP contribution in [0.1, 0.15) is 18.5 Å². The van der Waals surface area contributed by atoms with Crippen LogP contribution in [0.15, 0.2) is 12.4 Å². The van der Waals surface area contributed by atoms with E-state index in [1.54, 1.807) is 6.07 Å². The van der Waals surface area contributed by atoms with E-state index in [2.05, 4.69) is 22.2 Å². The molecule has 0 saturated heterocycles. The van der Waals surface area contributed by atoms with E-state index in [0.717, 1.165) is 18.5 Å². The normalized spacial score (nSPS) is 18.8. The van der Waals surface area contributed by atoms with Gasteiger partial charge in [0.2, 0.25) is 0 Å². The predicted molar refractivity (Wildman–Crippen MR) is 37.4 cm³/mol. The summed E-state index contributed by atoms with van der Waals surface area (Å²) >= 11 is 0. The summed E-state index contributed by atoms with van der Waals surface area (Å²) in [6.45, 7) is 0. The van der Waals surface area contributed by atoms with Gasteiger partial charge in [0.1, 0.15) is 6.33 Å². The molecule has 0 spiro atoms. The Labute approximate surface area is 64.7 Å². The van der Waals surface area contributed by atoms with E-state index in [1.807, 2.05) is 0 Å². The first-order chi connectivity index (χ1) is 5.37. The van der Waals surface area contributed by atoms with Gasteiger partial charge in [-0.2, -0.15) is 5.26 Å². The number of aromatic nitrogens is 2. The van der Waals surface area contributed by atoms with Crippen LogP contribution in [-0.2, 0) is 5.41 Å². The van der Waals surface area contributed by atoms with Crippen LogP contribution in [0.2, 0.25) is 0 Å². The third-order valence-corrected chi connectivity index (χ3v) is 1.98. The number of nitrogens with zero attached hydrogens (tertiary/aromatic N) is 3. The molecule has 1 aromatic rings. The van der Waals surface area contributed by atoms with Crippen LogP contribution in [0.25, 0.3) is 0 Å². The molecule has 1 saturated carbocycles. The third-order valence-electron chi connectivity index (χ3n) is 1.98. The summed E-state index contributed by atoms with van der Waals surface area (Å²) in [5.41, 5.74) is 0.523. The topological polar surface area (TPSA) is 49.6 Å². The fraction of sp³-hybridized carbons (Fsp3) is 0.375. The summed E-state index contributed by atoms with van der Waals surface area (Å²) in [6.07, 6.45) is 5.96. The highest BCUT2D eigenvalue weighted by Crippen LogP contribution is 2.46. The highest BCUT2D eigenvalue weighted by atomic mass is 14.8. The predicted octanol–water partition coefficient (Wildman–Crippen LogP) is 0.832. The molecule has 0 atom stereocenters. The molecule has 3 nitrogen and oxygen atoms in total. The zero-order chi connectivity index (χ0) is 7.73. The highest BCUT2D eigenvalue weighted by molar-refractivity contribution is 5.32. The first-order valence-electron chi connectivity index (χ1n) is 3.47. The van der Waals surface area contributed by atoms with Crippen molar-refractivity contribution < 1.29 is 0 Å². The molecule has 53 valence electrons. The summed E-state index contributed by atoms with van der Waals surface area (Å²) in [6, 6.07) is 3.95. The van der Waals surface area contributed by atoms with E-state index < -0.39 is 0 Å². The van der Waals surface area contributed by atoms with Crippen molar-refractivity contribution >= 4 is 0 Å². The monoisotopic (exact) mass is 144 g/mol. The molecule has 0 N–H and O–H groups in total. The smallest absolute Gasteiger partial charge is 0.116 e. The van der Waals surface area contributed by atoms with E-state index in [1.165, 1.54) is 6.33 Å². The maximum Gasteiger partial charge on any atom is 0.116 e. The lowest BCUT2D eigenvalue weighted by molar-refractivity contribution is 0.841. The lowest BCUT2D eigenvalue weighted by Crippen LogP contribution is -2.04.